The molecule has 18 heavy (non-hydrogen) atoms. The molecule has 0 radical (unpaired) electrons. The van der Waals surface area contributed by atoms with Gasteiger partial charge in [0.1, 0.15) is 5.75 Å². The molecule has 0 aliphatic heterocycles. The van der Waals surface area contributed by atoms with Crippen molar-refractivity contribution in [2.45, 2.75) is 51.5 Å². The summed E-state index contributed by atoms with van der Waals surface area (Å²) >= 11 is 0. The van der Waals surface area contributed by atoms with Crippen LogP contribution in [0.25, 0.3) is 0 Å². The molecule has 1 aliphatic rings. The molecule has 2 unspecified atom stereocenters. The van der Waals surface area contributed by atoms with Gasteiger partial charge in [-0.05, 0) is 37.9 Å². The summed E-state index contributed by atoms with van der Waals surface area (Å²) in [6.45, 7) is 5.41. The Bertz CT molecular complexity index is 387. The Hall–Kier alpha value is -1.02. The summed E-state index contributed by atoms with van der Waals surface area (Å²) in [6, 6.07) is 7.16. The van der Waals surface area contributed by atoms with Crippen molar-refractivity contribution in [1.82, 2.24) is 5.32 Å². The van der Waals surface area contributed by atoms with Crippen LogP contribution < -0.4 is 10.1 Å². The fraction of sp³-hybridized carbons (Fsp3) is 0.625. The van der Waals surface area contributed by atoms with Crippen LogP contribution in [0.5, 0.6) is 5.75 Å². The third-order valence-corrected chi connectivity index (χ3v) is 4.02. The first-order valence-electron chi connectivity index (χ1n) is 7.14. The first kappa shape index (κ1) is 13.4. The van der Waals surface area contributed by atoms with E-state index in [1.807, 2.05) is 0 Å². The molecule has 2 nitrogen and oxygen atoms in total. The summed E-state index contributed by atoms with van der Waals surface area (Å²) in [6.07, 6.45) is 5.25. The lowest BCUT2D eigenvalue weighted by molar-refractivity contribution is 0.321. The zero-order valence-electron chi connectivity index (χ0n) is 11.8. The highest BCUT2D eigenvalue weighted by Gasteiger charge is 2.27. The smallest absolute Gasteiger partial charge is 0.122 e. The van der Waals surface area contributed by atoms with Crippen LogP contribution in [0.2, 0.25) is 0 Å². The highest BCUT2D eigenvalue weighted by molar-refractivity contribution is 5.40. The van der Waals surface area contributed by atoms with Crippen LogP contribution >= 0.6 is 0 Å². The van der Waals surface area contributed by atoms with Crippen LogP contribution in [0.3, 0.4) is 0 Å². The summed E-state index contributed by atoms with van der Waals surface area (Å²) < 4.78 is 5.55. The molecule has 0 spiro atoms. The van der Waals surface area contributed by atoms with Crippen LogP contribution in [0.1, 0.15) is 49.7 Å². The minimum absolute atomic E-state index is 0.605. The molecule has 2 atom stereocenters. The van der Waals surface area contributed by atoms with Crippen molar-refractivity contribution in [3.05, 3.63) is 29.3 Å². The standard InChI is InChI=1S/C16H25NO/c1-4-17-15-8-6-5-7-13(15)14-11-12(2)9-10-16(14)18-3/h9-11,13,15,17H,4-8H2,1-3H3. The Morgan fingerprint density at radius 2 is 2.06 bits per heavy atom. The third kappa shape index (κ3) is 2.86. The van der Waals surface area contributed by atoms with Crippen molar-refractivity contribution < 1.29 is 4.74 Å². The van der Waals surface area contributed by atoms with Gasteiger partial charge in [-0.3, -0.25) is 0 Å². The van der Waals surface area contributed by atoms with Gasteiger partial charge in [-0.1, -0.05) is 37.5 Å². The molecular weight excluding hydrogens is 222 g/mol. The van der Waals surface area contributed by atoms with E-state index in [9.17, 15) is 0 Å². The highest BCUT2D eigenvalue weighted by Crippen LogP contribution is 2.38. The van der Waals surface area contributed by atoms with Gasteiger partial charge in [0.2, 0.25) is 0 Å². The molecule has 1 aromatic rings. The topological polar surface area (TPSA) is 21.3 Å². The van der Waals surface area contributed by atoms with E-state index in [2.05, 4.69) is 37.4 Å². The van der Waals surface area contributed by atoms with Crippen molar-refractivity contribution in [1.29, 1.82) is 0 Å². The first-order chi connectivity index (χ1) is 8.76. The molecule has 1 N–H and O–H groups in total. The van der Waals surface area contributed by atoms with Crippen LogP contribution in [0, 0.1) is 6.92 Å². The number of aryl methyl sites for hydroxylation is 1. The lowest BCUT2D eigenvalue weighted by Crippen LogP contribution is -2.37. The molecule has 1 fully saturated rings. The van der Waals surface area contributed by atoms with Crippen LogP contribution in [-0.4, -0.2) is 19.7 Å². The van der Waals surface area contributed by atoms with E-state index in [1.54, 1.807) is 7.11 Å². The number of ether oxygens (including phenoxy) is 1. The average molecular weight is 247 g/mol. The lowest BCUT2D eigenvalue weighted by atomic mass is 9.79. The van der Waals surface area contributed by atoms with E-state index in [1.165, 1.54) is 36.8 Å². The molecule has 0 bridgehead atoms. The van der Waals surface area contributed by atoms with Gasteiger partial charge in [-0.25, -0.2) is 0 Å². The maximum atomic E-state index is 5.55. The fourth-order valence-electron chi connectivity index (χ4n) is 3.15. The number of methoxy groups -OCH3 is 1. The zero-order chi connectivity index (χ0) is 13.0. The first-order valence-corrected chi connectivity index (χ1v) is 7.14. The molecule has 100 valence electrons. The second-order valence-corrected chi connectivity index (χ2v) is 5.30. The van der Waals surface area contributed by atoms with Gasteiger partial charge >= 0.3 is 0 Å². The average Bonchev–Trinajstić information content (AvgIpc) is 2.40. The molecule has 1 aliphatic carbocycles. The van der Waals surface area contributed by atoms with Gasteiger partial charge in [0.05, 0.1) is 7.11 Å². The predicted molar refractivity (Wildman–Crippen MR) is 76.4 cm³/mol. The second kappa shape index (κ2) is 6.24. The van der Waals surface area contributed by atoms with Gasteiger partial charge < -0.3 is 10.1 Å². The van der Waals surface area contributed by atoms with E-state index < -0.39 is 0 Å². The Labute approximate surface area is 111 Å². The quantitative estimate of drug-likeness (QED) is 0.877. The Morgan fingerprint density at radius 3 is 2.78 bits per heavy atom. The molecule has 1 aromatic carbocycles. The molecule has 0 amide bonds. The minimum Gasteiger partial charge on any atom is -0.496 e. The van der Waals surface area contributed by atoms with E-state index >= 15 is 0 Å². The molecule has 0 saturated heterocycles. The van der Waals surface area contributed by atoms with Crippen molar-refractivity contribution in [2.75, 3.05) is 13.7 Å². The number of benzene rings is 1. The molecule has 2 heteroatoms. The lowest BCUT2D eigenvalue weighted by Gasteiger charge is -2.33. The molecular formula is C16H25NO. The number of hydrogen-bond acceptors (Lipinski definition) is 2. The Kier molecular flexibility index (Phi) is 4.65. The van der Waals surface area contributed by atoms with Crippen LogP contribution in [0.15, 0.2) is 18.2 Å². The summed E-state index contributed by atoms with van der Waals surface area (Å²) in [5.41, 5.74) is 2.72. The minimum atomic E-state index is 0.605. The Morgan fingerprint density at radius 1 is 1.28 bits per heavy atom. The predicted octanol–water partition coefficient (Wildman–Crippen LogP) is 3.64. The largest absolute Gasteiger partial charge is 0.496 e. The van der Waals surface area contributed by atoms with Crippen molar-refractivity contribution >= 4 is 0 Å². The van der Waals surface area contributed by atoms with Crippen LogP contribution in [0.4, 0.5) is 0 Å². The van der Waals surface area contributed by atoms with Gasteiger partial charge in [-0.15, -0.1) is 0 Å². The molecule has 2 rings (SSSR count). The summed E-state index contributed by atoms with van der Waals surface area (Å²) in [5, 5.41) is 3.65. The van der Waals surface area contributed by atoms with Gasteiger partial charge in [-0.2, -0.15) is 0 Å². The van der Waals surface area contributed by atoms with E-state index in [-0.39, 0.29) is 0 Å². The summed E-state index contributed by atoms with van der Waals surface area (Å²) in [4.78, 5) is 0. The van der Waals surface area contributed by atoms with Gasteiger partial charge in [0.15, 0.2) is 0 Å². The molecule has 1 saturated carbocycles. The number of hydrogen-bond donors (Lipinski definition) is 1. The monoisotopic (exact) mass is 247 g/mol. The van der Waals surface area contributed by atoms with Crippen LogP contribution in [-0.2, 0) is 0 Å². The molecule has 0 heterocycles. The van der Waals surface area contributed by atoms with E-state index in [4.69, 9.17) is 4.74 Å². The number of nitrogens with one attached hydrogen (secondary N) is 1. The summed E-state index contributed by atoms with van der Waals surface area (Å²) in [5.74, 6) is 1.66. The second-order valence-electron chi connectivity index (χ2n) is 5.30. The van der Waals surface area contributed by atoms with Crippen molar-refractivity contribution in [3.63, 3.8) is 0 Å². The normalized spacial score (nSPS) is 23.9. The fourth-order valence-corrected chi connectivity index (χ4v) is 3.15. The zero-order valence-corrected chi connectivity index (χ0v) is 11.8. The SMILES string of the molecule is CCNC1CCCCC1c1cc(C)ccc1OC. The number of likely N-dealkylation sites (N-methyl/N-ethyl adjacent to an activating group) is 1. The van der Waals surface area contributed by atoms with Crippen molar-refractivity contribution in [2.24, 2.45) is 0 Å². The maximum absolute atomic E-state index is 5.55. The van der Waals surface area contributed by atoms with E-state index in [0.717, 1.165) is 12.3 Å². The Balaban J connectivity index is 2.29. The summed E-state index contributed by atoms with van der Waals surface area (Å²) in [7, 11) is 1.78. The highest BCUT2D eigenvalue weighted by atomic mass is 16.5. The van der Waals surface area contributed by atoms with E-state index in [0.29, 0.717) is 12.0 Å². The molecule has 0 aromatic heterocycles. The maximum Gasteiger partial charge on any atom is 0.122 e. The third-order valence-electron chi connectivity index (χ3n) is 4.02. The van der Waals surface area contributed by atoms with Gasteiger partial charge in [0.25, 0.3) is 0 Å². The van der Waals surface area contributed by atoms with Crippen molar-refractivity contribution in [3.8, 4) is 5.75 Å². The van der Waals surface area contributed by atoms with Gasteiger partial charge in [0, 0.05) is 12.0 Å². The number of rotatable bonds is 4.